The Labute approximate surface area is 105 Å². The minimum Gasteiger partial charge on any atom is -0.330 e. The highest BCUT2D eigenvalue weighted by Gasteiger charge is 2.30. The highest BCUT2D eigenvalue weighted by molar-refractivity contribution is 7.87. The molecule has 0 aliphatic carbocycles. The predicted octanol–water partition coefficient (Wildman–Crippen LogP) is 0.823. The molecule has 5 nitrogen and oxygen atoms in total. The Balaban J connectivity index is 2.54. The minimum atomic E-state index is -3.32. The first-order chi connectivity index (χ1) is 7.97. The van der Waals surface area contributed by atoms with Crippen LogP contribution >= 0.6 is 0 Å². The number of piperidine rings is 1. The summed E-state index contributed by atoms with van der Waals surface area (Å²) >= 11 is 0. The fourth-order valence-corrected chi connectivity index (χ4v) is 3.94. The van der Waals surface area contributed by atoms with Crippen LogP contribution < -0.4 is 10.5 Å². The molecule has 1 aliphatic rings. The quantitative estimate of drug-likeness (QED) is 0.745. The standard InChI is InChI=1S/C11H25N3O2S/c1-10(6-5-8-12)13-17(15,16)14-9-4-3-7-11(14)2/h10-11,13H,3-9,12H2,1-2H3. The van der Waals surface area contributed by atoms with Gasteiger partial charge >= 0.3 is 0 Å². The van der Waals surface area contributed by atoms with Crippen molar-refractivity contribution in [2.24, 2.45) is 5.73 Å². The molecule has 1 heterocycles. The van der Waals surface area contributed by atoms with Crippen molar-refractivity contribution in [1.29, 1.82) is 0 Å². The molecule has 0 radical (unpaired) electrons. The van der Waals surface area contributed by atoms with E-state index in [2.05, 4.69) is 4.72 Å². The van der Waals surface area contributed by atoms with E-state index in [1.807, 2.05) is 13.8 Å². The molecular formula is C11H25N3O2S. The maximum atomic E-state index is 12.2. The fourth-order valence-electron chi connectivity index (χ4n) is 2.23. The third-order valence-electron chi connectivity index (χ3n) is 3.24. The van der Waals surface area contributed by atoms with Crippen LogP contribution in [-0.2, 0) is 10.2 Å². The second-order valence-electron chi connectivity index (χ2n) is 4.91. The van der Waals surface area contributed by atoms with E-state index >= 15 is 0 Å². The monoisotopic (exact) mass is 263 g/mol. The first kappa shape index (κ1) is 14.9. The molecule has 0 aromatic rings. The largest absolute Gasteiger partial charge is 0.330 e. The van der Waals surface area contributed by atoms with Crippen molar-refractivity contribution in [2.45, 2.75) is 58.0 Å². The van der Waals surface area contributed by atoms with Crippen molar-refractivity contribution < 1.29 is 8.42 Å². The van der Waals surface area contributed by atoms with E-state index in [1.165, 1.54) is 0 Å². The van der Waals surface area contributed by atoms with Crippen LogP contribution in [0.2, 0.25) is 0 Å². The van der Waals surface area contributed by atoms with E-state index in [4.69, 9.17) is 5.73 Å². The summed E-state index contributed by atoms with van der Waals surface area (Å²) in [4.78, 5) is 0. The number of hydrogen-bond acceptors (Lipinski definition) is 3. The molecule has 17 heavy (non-hydrogen) atoms. The van der Waals surface area contributed by atoms with Gasteiger partial charge in [-0.2, -0.15) is 17.4 Å². The summed E-state index contributed by atoms with van der Waals surface area (Å²) in [5.41, 5.74) is 5.42. The minimum absolute atomic E-state index is 0.0438. The number of nitrogens with zero attached hydrogens (tertiary/aromatic N) is 1. The van der Waals surface area contributed by atoms with Gasteiger partial charge in [-0.3, -0.25) is 0 Å². The summed E-state index contributed by atoms with van der Waals surface area (Å²) in [6.07, 6.45) is 4.67. The lowest BCUT2D eigenvalue weighted by Crippen LogP contribution is -2.50. The van der Waals surface area contributed by atoms with Gasteiger partial charge in [0.25, 0.3) is 10.2 Å². The number of nitrogens with two attached hydrogens (primary N) is 1. The topological polar surface area (TPSA) is 75.4 Å². The van der Waals surface area contributed by atoms with Gasteiger partial charge < -0.3 is 5.73 Å². The van der Waals surface area contributed by atoms with Gasteiger partial charge in [0.2, 0.25) is 0 Å². The summed E-state index contributed by atoms with van der Waals surface area (Å²) < 4.78 is 28.6. The molecule has 0 bridgehead atoms. The third-order valence-corrected chi connectivity index (χ3v) is 5.10. The summed E-state index contributed by atoms with van der Waals surface area (Å²) in [6.45, 7) is 5.11. The van der Waals surface area contributed by atoms with Crippen molar-refractivity contribution in [3.05, 3.63) is 0 Å². The molecule has 0 aromatic heterocycles. The molecule has 1 saturated heterocycles. The van der Waals surface area contributed by atoms with Gasteiger partial charge in [-0.05, 0) is 46.1 Å². The van der Waals surface area contributed by atoms with E-state index in [-0.39, 0.29) is 12.1 Å². The highest BCUT2D eigenvalue weighted by Crippen LogP contribution is 2.19. The molecule has 2 unspecified atom stereocenters. The Morgan fingerprint density at radius 3 is 2.76 bits per heavy atom. The van der Waals surface area contributed by atoms with Crippen LogP contribution in [0.25, 0.3) is 0 Å². The predicted molar refractivity (Wildman–Crippen MR) is 69.8 cm³/mol. The molecular weight excluding hydrogens is 238 g/mol. The maximum absolute atomic E-state index is 12.2. The van der Waals surface area contributed by atoms with Gasteiger partial charge in [0.15, 0.2) is 0 Å². The zero-order valence-corrected chi connectivity index (χ0v) is 11.7. The fraction of sp³-hybridized carbons (Fsp3) is 1.00. The Bertz CT molecular complexity index is 319. The molecule has 102 valence electrons. The van der Waals surface area contributed by atoms with Crippen molar-refractivity contribution in [3.63, 3.8) is 0 Å². The normalized spacial score (nSPS) is 24.8. The lowest BCUT2D eigenvalue weighted by molar-refractivity contribution is 0.263. The zero-order chi connectivity index (χ0) is 12.9. The number of nitrogens with one attached hydrogen (secondary N) is 1. The van der Waals surface area contributed by atoms with Crippen LogP contribution in [0.3, 0.4) is 0 Å². The molecule has 0 amide bonds. The van der Waals surface area contributed by atoms with Crippen LogP contribution in [0.4, 0.5) is 0 Å². The van der Waals surface area contributed by atoms with E-state index in [1.54, 1.807) is 4.31 Å². The van der Waals surface area contributed by atoms with Gasteiger partial charge in [-0.25, -0.2) is 0 Å². The van der Waals surface area contributed by atoms with Crippen LogP contribution in [0, 0.1) is 0 Å². The van der Waals surface area contributed by atoms with Crippen molar-refractivity contribution in [3.8, 4) is 0 Å². The Morgan fingerprint density at radius 1 is 1.47 bits per heavy atom. The summed E-state index contributed by atoms with van der Waals surface area (Å²) in [5.74, 6) is 0. The molecule has 0 spiro atoms. The molecule has 6 heteroatoms. The Hall–Kier alpha value is -0.170. The molecule has 2 atom stereocenters. The van der Waals surface area contributed by atoms with Crippen LogP contribution in [0.5, 0.6) is 0 Å². The molecule has 1 aliphatic heterocycles. The van der Waals surface area contributed by atoms with Crippen LogP contribution in [0.15, 0.2) is 0 Å². The van der Waals surface area contributed by atoms with E-state index in [9.17, 15) is 8.42 Å². The van der Waals surface area contributed by atoms with Gasteiger partial charge in [0.1, 0.15) is 0 Å². The van der Waals surface area contributed by atoms with Crippen molar-refractivity contribution in [2.75, 3.05) is 13.1 Å². The number of hydrogen-bond donors (Lipinski definition) is 2. The molecule has 3 N–H and O–H groups in total. The molecule has 0 saturated carbocycles. The molecule has 1 rings (SSSR count). The van der Waals surface area contributed by atoms with Crippen molar-refractivity contribution >= 4 is 10.2 Å². The third kappa shape index (κ3) is 4.54. The maximum Gasteiger partial charge on any atom is 0.279 e. The van der Waals surface area contributed by atoms with E-state index in [0.717, 1.165) is 32.1 Å². The van der Waals surface area contributed by atoms with E-state index < -0.39 is 10.2 Å². The number of rotatable bonds is 6. The first-order valence-corrected chi connectivity index (χ1v) is 7.90. The van der Waals surface area contributed by atoms with Gasteiger partial charge in [0, 0.05) is 18.6 Å². The van der Waals surface area contributed by atoms with E-state index in [0.29, 0.717) is 13.1 Å². The molecule has 1 fully saturated rings. The average Bonchev–Trinajstić information content (AvgIpc) is 2.26. The molecule has 0 aromatic carbocycles. The smallest absolute Gasteiger partial charge is 0.279 e. The van der Waals surface area contributed by atoms with Crippen molar-refractivity contribution in [1.82, 2.24) is 9.03 Å². The lowest BCUT2D eigenvalue weighted by atomic mass is 10.1. The summed E-state index contributed by atoms with van der Waals surface area (Å²) in [6, 6.07) is 0.0700. The van der Waals surface area contributed by atoms with Crippen LogP contribution in [0.1, 0.15) is 46.0 Å². The SMILES string of the molecule is CC(CCCN)NS(=O)(=O)N1CCCCC1C. The van der Waals surface area contributed by atoms with Gasteiger partial charge in [-0.1, -0.05) is 6.42 Å². The summed E-state index contributed by atoms with van der Waals surface area (Å²) in [7, 11) is -3.32. The zero-order valence-electron chi connectivity index (χ0n) is 10.9. The van der Waals surface area contributed by atoms with Gasteiger partial charge in [0.05, 0.1) is 0 Å². The second kappa shape index (κ2) is 6.68. The highest BCUT2D eigenvalue weighted by atomic mass is 32.2. The summed E-state index contributed by atoms with van der Waals surface area (Å²) in [5, 5.41) is 0. The second-order valence-corrected chi connectivity index (χ2v) is 6.57. The first-order valence-electron chi connectivity index (χ1n) is 6.46. The Morgan fingerprint density at radius 2 is 2.18 bits per heavy atom. The van der Waals surface area contributed by atoms with Crippen LogP contribution in [-0.4, -0.2) is 37.9 Å². The Kier molecular flexibility index (Phi) is 5.85. The average molecular weight is 263 g/mol. The van der Waals surface area contributed by atoms with Gasteiger partial charge in [-0.15, -0.1) is 0 Å². The lowest BCUT2D eigenvalue weighted by Gasteiger charge is -2.33.